The van der Waals surface area contributed by atoms with Gasteiger partial charge in [-0.1, -0.05) is 53.3 Å². The van der Waals surface area contributed by atoms with Gasteiger partial charge in [-0.2, -0.15) is 5.10 Å². The molecule has 0 amide bonds. The fourth-order valence-electron chi connectivity index (χ4n) is 3.64. The van der Waals surface area contributed by atoms with Crippen molar-refractivity contribution in [2.24, 2.45) is 0 Å². The number of aliphatic carboxylic acids is 1. The minimum atomic E-state index is -3.72. The van der Waals surface area contributed by atoms with Gasteiger partial charge < -0.3 is 5.11 Å². The molecule has 1 aliphatic rings. The molecule has 0 radical (unpaired) electrons. The van der Waals surface area contributed by atoms with Crippen molar-refractivity contribution in [2.45, 2.75) is 18.2 Å². The smallest absolute Gasteiger partial charge is 0.308 e. The maximum atomic E-state index is 12.7. The maximum Gasteiger partial charge on any atom is 0.308 e. The standard InChI is InChI=1S/C21H15ClN4O4S2/c1-11-18-20(14-4-2-3-5-16(14)32(29,30)25-18)26(24-11)21-23-19(15(31-21)10-17(27)28)12-6-8-13(22)9-7-12/h2-9,25H,10H2,1H3,(H,27,28). The summed E-state index contributed by atoms with van der Waals surface area (Å²) in [6, 6.07) is 13.6. The number of anilines is 1. The third kappa shape index (κ3) is 3.36. The van der Waals surface area contributed by atoms with E-state index >= 15 is 0 Å². The highest BCUT2D eigenvalue weighted by molar-refractivity contribution is 7.93. The van der Waals surface area contributed by atoms with Crippen LogP contribution in [0.5, 0.6) is 0 Å². The van der Waals surface area contributed by atoms with Crippen molar-refractivity contribution in [3.05, 3.63) is 64.1 Å². The largest absolute Gasteiger partial charge is 0.481 e. The van der Waals surface area contributed by atoms with Gasteiger partial charge in [0, 0.05) is 21.0 Å². The number of carboxylic acid groups (broad SMARTS) is 1. The zero-order valence-corrected chi connectivity index (χ0v) is 18.9. The molecule has 11 heteroatoms. The Morgan fingerprint density at radius 1 is 1.19 bits per heavy atom. The third-order valence-electron chi connectivity index (χ3n) is 5.03. The Morgan fingerprint density at radius 3 is 2.62 bits per heavy atom. The van der Waals surface area contributed by atoms with Crippen molar-refractivity contribution in [1.29, 1.82) is 0 Å². The van der Waals surface area contributed by atoms with Gasteiger partial charge in [-0.3, -0.25) is 9.52 Å². The Labute approximate surface area is 192 Å². The van der Waals surface area contributed by atoms with Crippen molar-refractivity contribution < 1.29 is 18.3 Å². The van der Waals surface area contributed by atoms with Crippen LogP contribution in [0.25, 0.3) is 27.6 Å². The van der Waals surface area contributed by atoms with Crippen molar-refractivity contribution in [1.82, 2.24) is 14.8 Å². The second-order valence-corrected chi connectivity index (χ2v) is 10.3. The molecule has 32 heavy (non-hydrogen) atoms. The van der Waals surface area contributed by atoms with Crippen molar-refractivity contribution in [2.75, 3.05) is 4.72 Å². The molecule has 0 aliphatic carbocycles. The zero-order chi connectivity index (χ0) is 22.6. The maximum absolute atomic E-state index is 12.7. The Hall–Kier alpha value is -3.21. The van der Waals surface area contributed by atoms with Crippen LogP contribution >= 0.6 is 22.9 Å². The van der Waals surface area contributed by atoms with E-state index in [1.165, 1.54) is 17.4 Å². The number of thiazole rings is 1. The van der Waals surface area contributed by atoms with Crippen LogP contribution in [0.4, 0.5) is 5.69 Å². The zero-order valence-electron chi connectivity index (χ0n) is 16.5. The van der Waals surface area contributed by atoms with Crippen molar-refractivity contribution >= 4 is 44.6 Å². The van der Waals surface area contributed by atoms with Gasteiger partial charge in [0.1, 0.15) is 5.69 Å². The van der Waals surface area contributed by atoms with E-state index in [0.717, 1.165) is 5.56 Å². The van der Waals surface area contributed by atoms with Gasteiger partial charge in [0.2, 0.25) is 5.13 Å². The normalized spacial score (nSPS) is 13.8. The summed E-state index contributed by atoms with van der Waals surface area (Å²) in [6.45, 7) is 1.71. The van der Waals surface area contributed by atoms with Crippen LogP contribution in [0.15, 0.2) is 53.4 Å². The molecule has 2 N–H and O–H groups in total. The van der Waals surface area contributed by atoms with Gasteiger partial charge in [0.25, 0.3) is 10.0 Å². The number of aryl methyl sites for hydroxylation is 1. The monoisotopic (exact) mass is 486 g/mol. The van der Waals surface area contributed by atoms with E-state index in [-0.39, 0.29) is 11.3 Å². The average Bonchev–Trinajstić information content (AvgIpc) is 3.29. The minimum Gasteiger partial charge on any atom is -0.481 e. The van der Waals surface area contributed by atoms with Gasteiger partial charge in [-0.05, 0) is 25.1 Å². The van der Waals surface area contributed by atoms with E-state index in [2.05, 4.69) is 9.82 Å². The number of hydrogen-bond acceptors (Lipinski definition) is 6. The first-order chi connectivity index (χ1) is 15.2. The fourth-order valence-corrected chi connectivity index (χ4v) is 6.14. The number of nitrogens with one attached hydrogen (secondary N) is 1. The van der Waals surface area contributed by atoms with Crippen molar-refractivity contribution in [3.63, 3.8) is 0 Å². The summed E-state index contributed by atoms with van der Waals surface area (Å²) >= 11 is 7.19. The fraction of sp³-hybridized carbons (Fsp3) is 0.0952. The summed E-state index contributed by atoms with van der Waals surface area (Å²) in [5.74, 6) is -0.979. The van der Waals surface area contributed by atoms with E-state index in [4.69, 9.17) is 16.6 Å². The molecule has 1 aliphatic heterocycles. The van der Waals surface area contributed by atoms with E-state index in [0.29, 0.717) is 43.4 Å². The first-order valence-corrected chi connectivity index (χ1v) is 12.1. The number of fused-ring (bicyclic) bond motifs is 3. The molecule has 0 unspecified atom stereocenters. The number of halogens is 1. The molecule has 4 aromatic rings. The highest BCUT2D eigenvalue weighted by Crippen LogP contribution is 2.43. The van der Waals surface area contributed by atoms with Gasteiger partial charge in [-0.25, -0.2) is 18.1 Å². The van der Waals surface area contributed by atoms with E-state index in [1.807, 2.05) is 0 Å². The first-order valence-electron chi connectivity index (χ1n) is 9.44. The second-order valence-electron chi connectivity index (χ2n) is 7.17. The average molecular weight is 487 g/mol. The lowest BCUT2D eigenvalue weighted by molar-refractivity contribution is -0.136. The van der Waals surface area contributed by atoms with Crippen molar-refractivity contribution in [3.8, 4) is 27.6 Å². The molecule has 0 saturated carbocycles. The lowest BCUT2D eigenvalue weighted by Crippen LogP contribution is -2.19. The summed E-state index contributed by atoms with van der Waals surface area (Å²) in [5.41, 5.74) is 3.19. The molecule has 0 saturated heterocycles. The van der Waals surface area contributed by atoms with Crippen LogP contribution in [0.1, 0.15) is 10.6 Å². The molecule has 5 rings (SSSR count). The molecule has 0 fully saturated rings. The lowest BCUT2D eigenvalue weighted by atomic mass is 10.1. The third-order valence-corrected chi connectivity index (χ3v) is 7.72. The summed E-state index contributed by atoms with van der Waals surface area (Å²) in [5, 5.41) is 14.9. The molecule has 2 aromatic heterocycles. The van der Waals surface area contributed by atoms with Crippen LogP contribution in [0, 0.1) is 6.92 Å². The minimum absolute atomic E-state index is 0.147. The summed E-state index contributed by atoms with van der Waals surface area (Å²) in [4.78, 5) is 16.9. The molecule has 8 nitrogen and oxygen atoms in total. The number of hydrogen-bond donors (Lipinski definition) is 2. The SMILES string of the molecule is Cc1nn(-c2nc(-c3ccc(Cl)cc3)c(CC(=O)O)s2)c2c1NS(=O)(=O)c1ccccc1-2. The molecule has 2 aromatic carbocycles. The van der Waals surface area contributed by atoms with Crippen LogP contribution in [-0.4, -0.2) is 34.3 Å². The molecule has 0 spiro atoms. The molecule has 0 atom stereocenters. The van der Waals surface area contributed by atoms with E-state index in [9.17, 15) is 18.3 Å². The number of benzene rings is 2. The van der Waals surface area contributed by atoms with Gasteiger partial charge >= 0.3 is 5.97 Å². The predicted octanol–water partition coefficient (Wildman–Crippen LogP) is 4.37. The first kappa shape index (κ1) is 20.7. The number of rotatable bonds is 4. The highest BCUT2D eigenvalue weighted by atomic mass is 35.5. The van der Waals surface area contributed by atoms with Crippen LogP contribution in [0.3, 0.4) is 0 Å². The molecular formula is C21H15ClN4O4S2. The Bertz CT molecular complexity index is 1490. The number of nitrogens with zero attached hydrogens (tertiary/aromatic N) is 3. The van der Waals surface area contributed by atoms with Gasteiger partial charge in [0.15, 0.2) is 0 Å². The Balaban J connectivity index is 1.73. The summed E-state index contributed by atoms with van der Waals surface area (Å²) in [6.07, 6.45) is -0.207. The van der Waals surface area contributed by atoms with Crippen LogP contribution in [-0.2, 0) is 21.2 Å². The summed E-state index contributed by atoms with van der Waals surface area (Å²) in [7, 11) is -3.72. The Kier molecular flexibility index (Phi) is 4.81. The van der Waals surface area contributed by atoms with Crippen LogP contribution in [0.2, 0.25) is 5.02 Å². The number of carbonyl (C=O) groups is 1. The van der Waals surface area contributed by atoms with Gasteiger partial charge in [-0.15, -0.1) is 0 Å². The number of sulfonamides is 1. The second kappa shape index (κ2) is 7.44. The number of carboxylic acids is 1. The predicted molar refractivity (Wildman–Crippen MR) is 122 cm³/mol. The summed E-state index contributed by atoms with van der Waals surface area (Å²) < 4.78 is 29.5. The topological polar surface area (TPSA) is 114 Å². The van der Waals surface area contributed by atoms with Crippen LogP contribution < -0.4 is 4.72 Å². The number of aromatic nitrogens is 3. The highest BCUT2D eigenvalue weighted by Gasteiger charge is 2.33. The Morgan fingerprint density at radius 2 is 1.91 bits per heavy atom. The molecule has 0 bridgehead atoms. The lowest BCUT2D eigenvalue weighted by Gasteiger charge is -2.19. The molecular weight excluding hydrogens is 472 g/mol. The molecule has 162 valence electrons. The molecule has 3 heterocycles. The van der Waals surface area contributed by atoms with Gasteiger partial charge in [0.05, 0.1) is 28.4 Å². The van der Waals surface area contributed by atoms with E-state index in [1.54, 1.807) is 54.1 Å². The quantitative estimate of drug-likeness (QED) is 0.443. The van der Waals surface area contributed by atoms with E-state index < -0.39 is 16.0 Å².